The Balaban J connectivity index is 2.27. The van der Waals surface area contributed by atoms with E-state index in [1.165, 1.54) is 12.1 Å². The molecule has 19 heavy (non-hydrogen) atoms. The minimum atomic E-state index is -0.645. The zero-order chi connectivity index (χ0) is 13.6. The van der Waals surface area contributed by atoms with Gasteiger partial charge in [-0.1, -0.05) is 17.7 Å². The van der Waals surface area contributed by atoms with Crippen LogP contribution < -0.4 is 0 Å². The van der Waals surface area contributed by atoms with Gasteiger partial charge in [0.05, 0.1) is 16.6 Å². The van der Waals surface area contributed by atoms with Crippen molar-refractivity contribution < 1.29 is 8.78 Å². The zero-order valence-electron chi connectivity index (χ0n) is 9.97. The predicted octanol–water partition coefficient (Wildman–Crippen LogP) is 4.47. The van der Waals surface area contributed by atoms with Crippen LogP contribution in [-0.4, -0.2) is 9.97 Å². The van der Waals surface area contributed by atoms with Gasteiger partial charge in [-0.05, 0) is 36.8 Å². The smallest absolute Gasteiger partial charge is 0.144 e. The third-order valence-corrected chi connectivity index (χ3v) is 3.20. The second-order valence-electron chi connectivity index (χ2n) is 4.30. The van der Waals surface area contributed by atoms with Gasteiger partial charge in [-0.3, -0.25) is 0 Å². The van der Waals surface area contributed by atoms with E-state index in [1.807, 2.05) is 0 Å². The van der Waals surface area contributed by atoms with Gasteiger partial charge < -0.3 is 4.98 Å². The van der Waals surface area contributed by atoms with Crippen molar-refractivity contribution in [3.8, 4) is 11.4 Å². The van der Waals surface area contributed by atoms with Crippen molar-refractivity contribution in [2.75, 3.05) is 0 Å². The van der Waals surface area contributed by atoms with Gasteiger partial charge in [-0.15, -0.1) is 0 Å². The zero-order valence-corrected chi connectivity index (χ0v) is 10.7. The first-order valence-corrected chi connectivity index (χ1v) is 6.04. The number of hydrogen-bond donors (Lipinski definition) is 1. The first-order valence-electron chi connectivity index (χ1n) is 5.66. The number of aromatic amines is 1. The molecule has 0 aliphatic heterocycles. The van der Waals surface area contributed by atoms with Gasteiger partial charge in [-0.25, -0.2) is 13.8 Å². The monoisotopic (exact) mass is 278 g/mol. The fourth-order valence-corrected chi connectivity index (χ4v) is 2.15. The van der Waals surface area contributed by atoms with Crippen LogP contribution in [0.2, 0.25) is 5.02 Å². The lowest BCUT2D eigenvalue weighted by atomic mass is 10.1. The van der Waals surface area contributed by atoms with Crippen LogP contribution in [0.4, 0.5) is 8.78 Å². The molecule has 3 rings (SSSR count). The van der Waals surface area contributed by atoms with Crippen LogP contribution in [0.1, 0.15) is 5.56 Å². The van der Waals surface area contributed by atoms with Crippen LogP contribution in [-0.2, 0) is 0 Å². The molecule has 1 heterocycles. The third kappa shape index (κ3) is 1.98. The van der Waals surface area contributed by atoms with Gasteiger partial charge >= 0.3 is 0 Å². The molecular formula is C14H9ClF2N2. The maximum absolute atomic E-state index is 14.0. The van der Waals surface area contributed by atoms with Crippen molar-refractivity contribution in [3.63, 3.8) is 0 Å². The molecule has 96 valence electrons. The number of hydrogen-bond acceptors (Lipinski definition) is 1. The average Bonchev–Trinajstić information content (AvgIpc) is 2.77. The maximum Gasteiger partial charge on any atom is 0.144 e. The van der Waals surface area contributed by atoms with E-state index in [1.54, 1.807) is 25.1 Å². The van der Waals surface area contributed by atoms with Crippen LogP contribution in [0.5, 0.6) is 0 Å². The highest BCUT2D eigenvalue weighted by molar-refractivity contribution is 6.31. The van der Waals surface area contributed by atoms with E-state index in [0.717, 1.165) is 0 Å². The van der Waals surface area contributed by atoms with Crippen molar-refractivity contribution in [2.24, 2.45) is 0 Å². The summed E-state index contributed by atoms with van der Waals surface area (Å²) in [5.74, 6) is -1.09. The average molecular weight is 279 g/mol. The molecule has 5 heteroatoms. The van der Waals surface area contributed by atoms with E-state index in [0.29, 0.717) is 21.6 Å². The van der Waals surface area contributed by atoms with Gasteiger partial charge in [0.2, 0.25) is 0 Å². The number of aryl methyl sites for hydroxylation is 1. The summed E-state index contributed by atoms with van der Waals surface area (Å²) in [4.78, 5) is 7.08. The van der Waals surface area contributed by atoms with Crippen LogP contribution in [0.25, 0.3) is 22.4 Å². The number of nitrogens with zero attached hydrogens (tertiary/aromatic N) is 1. The standard InChI is InChI=1S/C14H9ClF2N2/c1-7-2-4-9(16)12(13(7)17)14-18-10-5-3-8(15)6-11(10)19-14/h2-6H,1H3,(H,18,19). The summed E-state index contributed by atoms with van der Waals surface area (Å²) >= 11 is 5.87. The van der Waals surface area contributed by atoms with Crippen LogP contribution in [0.15, 0.2) is 30.3 Å². The Hall–Kier alpha value is -1.94. The molecule has 0 unspecified atom stereocenters. The lowest BCUT2D eigenvalue weighted by molar-refractivity contribution is 0.582. The number of rotatable bonds is 1. The molecule has 0 amide bonds. The molecular weight excluding hydrogens is 270 g/mol. The van der Waals surface area contributed by atoms with Gasteiger partial charge in [0.15, 0.2) is 0 Å². The first kappa shape index (κ1) is 12.1. The first-order chi connectivity index (χ1) is 9.06. The van der Waals surface area contributed by atoms with E-state index in [2.05, 4.69) is 9.97 Å². The Kier molecular flexibility index (Phi) is 2.75. The topological polar surface area (TPSA) is 28.7 Å². The van der Waals surface area contributed by atoms with Crippen molar-refractivity contribution in [2.45, 2.75) is 6.92 Å². The lowest BCUT2D eigenvalue weighted by Gasteiger charge is -2.03. The quantitative estimate of drug-likeness (QED) is 0.699. The number of nitrogens with one attached hydrogen (secondary N) is 1. The second kappa shape index (κ2) is 4.31. The van der Waals surface area contributed by atoms with E-state index < -0.39 is 11.6 Å². The Bertz CT molecular complexity index is 780. The van der Waals surface area contributed by atoms with Gasteiger partial charge in [0.25, 0.3) is 0 Å². The number of fused-ring (bicyclic) bond motifs is 1. The summed E-state index contributed by atoms with van der Waals surface area (Å²) in [7, 11) is 0. The van der Waals surface area contributed by atoms with E-state index >= 15 is 0 Å². The van der Waals surface area contributed by atoms with Crippen molar-refractivity contribution in [1.29, 1.82) is 0 Å². The molecule has 0 radical (unpaired) electrons. The Labute approximate surface area is 113 Å². The second-order valence-corrected chi connectivity index (χ2v) is 4.74. The number of halogens is 3. The predicted molar refractivity (Wildman–Crippen MR) is 71.2 cm³/mol. The van der Waals surface area contributed by atoms with Crippen molar-refractivity contribution in [3.05, 3.63) is 52.6 Å². The molecule has 1 aromatic heterocycles. The summed E-state index contributed by atoms with van der Waals surface area (Å²) < 4.78 is 27.8. The molecule has 3 aromatic rings. The van der Waals surface area contributed by atoms with Gasteiger partial charge in [0.1, 0.15) is 17.5 Å². The fraction of sp³-hybridized carbons (Fsp3) is 0.0714. The molecule has 0 fully saturated rings. The summed E-state index contributed by atoms with van der Waals surface area (Å²) in [5.41, 5.74) is 1.48. The minimum absolute atomic E-state index is 0.146. The largest absolute Gasteiger partial charge is 0.338 e. The fourth-order valence-electron chi connectivity index (χ4n) is 1.97. The van der Waals surface area contributed by atoms with E-state index in [-0.39, 0.29) is 11.4 Å². The molecule has 1 N–H and O–H groups in total. The van der Waals surface area contributed by atoms with Crippen LogP contribution in [0.3, 0.4) is 0 Å². The highest BCUT2D eigenvalue weighted by atomic mass is 35.5. The summed E-state index contributed by atoms with van der Waals surface area (Å²) in [6.45, 7) is 1.58. The summed E-state index contributed by atoms with van der Waals surface area (Å²) in [6, 6.07) is 7.67. The number of H-pyrrole nitrogens is 1. The number of imidazole rings is 1. The minimum Gasteiger partial charge on any atom is -0.338 e. The number of aromatic nitrogens is 2. The van der Waals surface area contributed by atoms with Gasteiger partial charge in [0, 0.05) is 5.02 Å². The van der Waals surface area contributed by atoms with Gasteiger partial charge in [-0.2, -0.15) is 0 Å². The molecule has 2 aromatic carbocycles. The molecule has 0 spiro atoms. The van der Waals surface area contributed by atoms with E-state index in [4.69, 9.17) is 11.6 Å². The molecule has 0 saturated heterocycles. The third-order valence-electron chi connectivity index (χ3n) is 2.96. The molecule has 2 nitrogen and oxygen atoms in total. The summed E-state index contributed by atoms with van der Waals surface area (Å²) in [6.07, 6.45) is 0. The highest BCUT2D eigenvalue weighted by Gasteiger charge is 2.17. The Morgan fingerprint density at radius 3 is 2.74 bits per heavy atom. The molecule has 0 aliphatic rings. The molecule has 0 saturated carbocycles. The van der Waals surface area contributed by atoms with Crippen LogP contribution >= 0.6 is 11.6 Å². The van der Waals surface area contributed by atoms with Crippen LogP contribution in [0, 0.1) is 18.6 Å². The highest BCUT2D eigenvalue weighted by Crippen LogP contribution is 2.28. The molecule has 0 bridgehead atoms. The molecule has 0 atom stereocenters. The van der Waals surface area contributed by atoms with E-state index in [9.17, 15) is 8.78 Å². The normalized spacial score (nSPS) is 11.2. The lowest BCUT2D eigenvalue weighted by Crippen LogP contribution is -1.94. The molecule has 0 aliphatic carbocycles. The maximum atomic E-state index is 14.0. The Morgan fingerprint density at radius 1 is 1.16 bits per heavy atom. The Morgan fingerprint density at radius 2 is 1.95 bits per heavy atom. The SMILES string of the molecule is Cc1ccc(F)c(-c2nc3ccc(Cl)cc3[nH]2)c1F. The van der Waals surface area contributed by atoms with Crippen molar-refractivity contribution in [1.82, 2.24) is 9.97 Å². The summed E-state index contributed by atoms with van der Waals surface area (Å²) in [5, 5.41) is 0.535. The van der Waals surface area contributed by atoms with Crippen molar-refractivity contribution >= 4 is 22.6 Å². The number of benzene rings is 2.